The third-order valence-corrected chi connectivity index (χ3v) is 2.10. The summed E-state index contributed by atoms with van der Waals surface area (Å²) >= 11 is 0. The Hall–Kier alpha value is -0.120. The Balaban J connectivity index is 0.000000336. The van der Waals surface area contributed by atoms with Crippen molar-refractivity contribution in [1.29, 1.82) is 0 Å². The van der Waals surface area contributed by atoms with Gasteiger partial charge in [0.2, 0.25) is 0 Å². The highest BCUT2D eigenvalue weighted by Crippen LogP contribution is 2.15. The second kappa shape index (κ2) is 4.80. The van der Waals surface area contributed by atoms with Crippen molar-refractivity contribution in [3.63, 3.8) is 0 Å². The molecule has 0 aromatic heterocycles. The van der Waals surface area contributed by atoms with Crippen molar-refractivity contribution < 1.29 is 9.47 Å². The topological polar surface area (TPSA) is 30.5 Å². The van der Waals surface area contributed by atoms with Gasteiger partial charge in [0.15, 0.2) is 0 Å². The molecule has 3 nitrogen and oxygen atoms in total. The van der Waals surface area contributed by atoms with Gasteiger partial charge in [-0.1, -0.05) is 13.8 Å². The normalized spacial score (nSPS) is 39.8. The first-order chi connectivity index (χ1) is 5.86. The van der Waals surface area contributed by atoms with Gasteiger partial charge in [0, 0.05) is 6.54 Å². The first-order valence-corrected chi connectivity index (χ1v) is 4.83. The molecule has 0 aliphatic carbocycles. The molecular formula is C9H19NO2. The third-order valence-electron chi connectivity index (χ3n) is 2.10. The predicted molar refractivity (Wildman–Crippen MR) is 48.3 cm³/mol. The monoisotopic (exact) mass is 173 g/mol. The second-order valence-corrected chi connectivity index (χ2v) is 3.04. The molecule has 3 heteroatoms. The van der Waals surface area contributed by atoms with E-state index in [4.69, 9.17) is 9.47 Å². The van der Waals surface area contributed by atoms with Crippen LogP contribution in [0.25, 0.3) is 0 Å². The lowest BCUT2D eigenvalue weighted by atomic mass is 10.1. The predicted octanol–water partition coefficient (Wildman–Crippen LogP) is 0.788. The molecule has 12 heavy (non-hydrogen) atoms. The van der Waals surface area contributed by atoms with Gasteiger partial charge in [0.25, 0.3) is 0 Å². The van der Waals surface area contributed by atoms with E-state index in [0.717, 1.165) is 19.8 Å². The molecule has 2 aliphatic rings. The molecule has 2 saturated heterocycles. The molecule has 0 radical (unpaired) electrons. The van der Waals surface area contributed by atoms with Crippen molar-refractivity contribution >= 4 is 0 Å². The van der Waals surface area contributed by atoms with E-state index in [1.54, 1.807) is 0 Å². The van der Waals surface area contributed by atoms with Gasteiger partial charge in [0.05, 0.1) is 31.5 Å². The highest BCUT2D eigenvalue weighted by Gasteiger charge is 2.33. The Morgan fingerprint density at radius 1 is 1.25 bits per heavy atom. The zero-order valence-electron chi connectivity index (χ0n) is 8.17. The molecule has 0 amide bonds. The number of morpholine rings is 1. The summed E-state index contributed by atoms with van der Waals surface area (Å²) in [6.07, 6.45) is 0.659. The van der Waals surface area contributed by atoms with Gasteiger partial charge in [-0.2, -0.15) is 0 Å². The van der Waals surface area contributed by atoms with Crippen LogP contribution in [0.3, 0.4) is 0 Å². The van der Waals surface area contributed by atoms with E-state index in [2.05, 4.69) is 12.2 Å². The summed E-state index contributed by atoms with van der Waals surface area (Å²) in [4.78, 5) is 0. The largest absolute Gasteiger partial charge is 0.377 e. The van der Waals surface area contributed by atoms with Gasteiger partial charge in [-0.25, -0.2) is 0 Å². The van der Waals surface area contributed by atoms with Crippen molar-refractivity contribution in [2.45, 2.75) is 39.0 Å². The van der Waals surface area contributed by atoms with Gasteiger partial charge < -0.3 is 14.8 Å². The Kier molecular flexibility index (Phi) is 3.98. The minimum absolute atomic E-state index is 0.309. The lowest BCUT2D eigenvalue weighted by molar-refractivity contribution is -0.0398. The molecule has 2 rings (SSSR count). The summed E-state index contributed by atoms with van der Waals surface area (Å²) in [5.41, 5.74) is 0. The summed E-state index contributed by atoms with van der Waals surface area (Å²) < 4.78 is 10.9. The first-order valence-electron chi connectivity index (χ1n) is 4.83. The van der Waals surface area contributed by atoms with Gasteiger partial charge in [0.1, 0.15) is 0 Å². The first kappa shape index (κ1) is 9.96. The summed E-state index contributed by atoms with van der Waals surface area (Å²) in [5, 5.41) is 3.38. The van der Waals surface area contributed by atoms with E-state index >= 15 is 0 Å². The SMILES string of the molecule is CC.CC1CNC2COCC2O1. The molecule has 1 N–H and O–H groups in total. The van der Waals surface area contributed by atoms with Crippen LogP contribution in [-0.2, 0) is 9.47 Å². The van der Waals surface area contributed by atoms with E-state index in [-0.39, 0.29) is 0 Å². The number of ether oxygens (including phenoxy) is 2. The smallest absolute Gasteiger partial charge is 0.0987 e. The lowest BCUT2D eigenvalue weighted by Gasteiger charge is -2.30. The molecule has 3 unspecified atom stereocenters. The zero-order valence-corrected chi connectivity index (χ0v) is 8.17. The number of nitrogens with one attached hydrogen (secondary N) is 1. The van der Waals surface area contributed by atoms with Crippen LogP contribution in [-0.4, -0.2) is 38.0 Å². The average Bonchev–Trinajstić information content (AvgIpc) is 2.54. The highest BCUT2D eigenvalue weighted by molar-refractivity contribution is 4.87. The second-order valence-electron chi connectivity index (χ2n) is 3.04. The molecule has 72 valence electrons. The fourth-order valence-corrected chi connectivity index (χ4v) is 1.52. The zero-order chi connectivity index (χ0) is 8.97. The lowest BCUT2D eigenvalue weighted by Crippen LogP contribution is -2.50. The summed E-state index contributed by atoms with van der Waals surface area (Å²) in [6.45, 7) is 8.63. The molecule has 0 aromatic carbocycles. The van der Waals surface area contributed by atoms with E-state index in [0.29, 0.717) is 18.2 Å². The summed E-state index contributed by atoms with van der Waals surface area (Å²) in [5.74, 6) is 0. The maximum Gasteiger partial charge on any atom is 0.0987 e. The molecule has 2 aliphatic heterocycles. The van der Waals surface area contributed by atoms with Crippen LogP contribution < -0.4 is 5.32 Å². The third kappa shape index (κ3) is 2.19. The van der Waals surface area contributed by atoms with Gasteiger partial charge in [-0.05, 0) is 6.92 Å². The Labute approximate surface area is 74.4 Å². The van der Waals surface area contributed by atoms with E-state index in [1.165, 1.54) is 0 Å². The van der Waals surface area contributed by atoms with Crippen LogP contribution in [0.15, 0.2) is 0 Å². The van der Waals surface area contributed by atoms with Gasteiger partial charge >= 0.3 is 0 Å². The van der Waals surface area contributed by atoms with Crippen molar-refractivity contribution in [3.05, 3.63) is 0 Å². The van der Waals surface area contributed by atoms with Crippen LogP contribution in [0.1, 0.15) is 20.8 Å². The summed E-state index contributed by atoms with van der Waals surface area (Å²) in [6, 6.07) is 0.455. The minimum Gasteiger partial charge on any atom is -0.377 e. The molecule has 3 atom stereocenters. The van der Waals surface area contributed by atoms with Crippen molar-refractivity contribution in [1.82, 2.24) is 5.32 Å². The number of fused-ring (bicyclic) bond motifs is 1. The molecular weight excluding hydrogens is 154 g/mol. The Morgan fingerprint density at radius 3 is 2.75 bits per heavy atom. The number of hydrogen-bond acceptors (Lipinski definition) is 3. The highest BCUT2D eigenvalue weighted by atomic mass is 16.6. The average molecular weight is 173 g/mol. The van der Waals surface area contributed by atoms with E-state index < -0.39 is 0 Å². The molecule has 0 aromatic rings. The molecule has 2 heterocycles. The molecule has 0 bridgehead atoms. The van der Waals surface area contributed by atoms with Crippen LogP contribution in [0.4, 0.5) is 0 Å². The maximum atomic E-state index is 5.62. The molecule has 2 fully saturated rings. The number of hydrogen-bond donors (Lipinski definition) is 1. The molecule has 0 saturated carbocycles. The van der Waals surface area contributed by atoms with Crippen LogP contribution >= 0.6 is 0 Å². The van der Waals surface area contributed by atoms with Crippen molar-refractivity contribution in [2.75, 3.05) is 19.8 Å². The van der Waals surface area contributed by atoms with E-state index in [9.17, 15) is 0 Å². The fourth-order valence-electron chi connectivity index (χ4n) is 1.52. The van der Waals surface area contributed by atoms with Crippen LogP contribution in [0.5, 0.6) is 0 Å². The standard InChI is InChI=1S/C7H13NO2.C2H6/c1-5-2-8-6-3-9-4-7(6)10-5;1-2/h5-8H,2-4H2,1H3;1-2H3. The quantitative estimate of drug-likeness (QED) is 0.587. The fraction of sp³-hybridized carbons (Fsp3) is 1.00. The molecule has 0 spiro atoms. The van der Waals surface area contributed by atoms with Crippen molar-refractivity contribution in [3.8, 4) is 0 Å². The van der Waals surface area contributed by atoms with E-state index in [1.807, 2.05) is 13.8 Å². The van der Waals surface area contributed by atoms with Crippen LogP contribution in [0.2, 0.25) is 0 Å². The van der Waals surface area contributed by atoms with Gasteiger partial charge in [-0.15, -0.1) is 0 Å². The number of rotatable bonds is 0. The summed E-state index contributed by atoms with van der Waals surface area (Å²) in [7, 11) is 0. The van der Waals surface area contributed by atoms with Crippen molar-refractivity contribution in [2.24, 2.45) is 0 Å². The Bertz CT molecular complexity index is 130. The maximum absolute atomic E-state index is 5.62. The van der Waals surface area contributed by atoms with Crippen LogP contribution in [0, 0.1) is 0 Å². The van der Waals surface area contributed by atoms with Gasteiger partial charge in [-0.3, -0.25) is 0 Å². The minimum atomic E-state index is 0.309. The Morgan fingerprint density at radius 2 is 2.00 bits per heavy atom.